The Balaban J connectivity index is 1.91. The molecule has 1 aliphatic carbocycles. The lowest BCUT2D eigenvalue weighted by Crippen LogP contribution is -2.39. The number of thiazole rings is 1. The molecule has 5 nitrogen and oxygen atoms in total. The van der Waals surface area contributed by atoms with E-state index in [-0.39, 0.29) is 17.9 Å². The van der Waals surface area contributed by atoms with Gasteiger partial charge in [-0.2, -0.15) is 0 Å². The van der Waals surface area contributed by atoms with E-state index in [2.05, 4.69) is 10.3 Å². The lowest BCUT2D eigenvalue weighted by atomic mass is 9.86. The van der Waals surface area contributed by atoms with Crippen LogP contribution in [0.1, 0.15) is 35.4 Å². The van der Waals surface area contributed by atoms with Gasteiger partial charge >= 0.3 is 5.97 Å². The second-order valence-electron chi connectivity index (χ2n) is 4.24. The number of aliphatic carboxylic acids is 1. The van der Waals surface area contributed by atoms with Crippen molar-refractivity contribution >= 4 is 23.2 Å². The van der Waals surface area contributed by atoms with Gasteiger partial charge in [-0.3, -0.25) is 14.6 Å². The third-order valence-electron chi connectivity index (χ3n) is 3.01. The summed E-state index contributed by atoms with van der Waals surface area (Å²) in [5, 5.41) is 11.8. The fraction of sp³-hybridized carbons (Fsp3) is 0.545. The zero-order valence-corrected chi connectivity index (χ0v) is 10.1. The average Bonchev–Trinajstić information content (AvgIpc) is 2.82. The first-order valence-corrected chi connectivity index (χ1v) is 6.47. The largest absolute Gasteiger partial charge is 0.481 e. The minimum absolute atomic E-state index is 0.0283. The summed E-state index contributed by atoms with van der Waals surface area (Å²) < 4.78 is 0. The van der Waals surface area contributed by atoms with Crippen LogP contribution in [0.2, 0.25) is 0 Å². The smallest absolute Gasteiger partial charge is 0.306 e. The maximum Gasteiger partial charge on any atom is 0.306 e. The predicted octanol–water partition coefficient (Wildman–Crippen LogP) is 1.52. The molecule has 17 heavy (non-hydrogen) atoms. The van der Waals surface area contributed by atoms with Crippen molar-refractivity contribution in [2.75, 3.05) is 0 Å². The zero-order valence-electron chi connectivity index (χ0n) is 9.26. The molecule has 0 saturated heterocycles. The van der Waals surface area contributed by atoms with E-state index in [1.54, 1.807) is 5.51 Å². The summed E-state index contributed by atoms with van der Waals surface area (Å²) in [5.41, 5.74) is 1.61. The van der Waals surface area contributed by atoms with Gasteiger partial charge in [-0.15, -0.1) is 11.3 Å². The highest BCUT2D eigenvalue weighted by Gasteiger charge is 2.28. The minimum Gasteiger partial charge on any atom is -0.481 e. The Bertz CT molecular complexity index is 405. The van der Waals surface area contributed by atoms with E-state index in [4.69, 9.17) is 5.11 Å². The Morgan fingerprint density at radius 2 is 2.29 bits per heavy atom. The highest BCUT2D eigenvalue weighted by molar-refractivity contribution is 7.11. The van der Waals surface area contributed by atoms with Crippen LogP contribution in [0, 0.1) is 5.92 Å². The number of rotatable bonds is 3. The molecule has 0 spiro atoms. The van der Waals surface area contributed by atoms with Crippen molar-refractivity contribution in [2.45, 2.75) is 31.7 Å². The van der Waals surface area contributed by atoms with Gasteiger partial charge in [0.05, 0.1) is 17.6 Å². The number of carboxylic acids is 1. The lowest BCUT2D eigenvalue weighted by molar-refractivity contribution is -0.143. The van der Waals surface area contributed by atoms with Crippen molar-refractivity contribution < 1.29 is 14.7 Å². The van der Waals surface area contributed by atoms with Crippen molar-refractivity contribution in [1.82, 2.24) is 10.3 Å². The molecule has 6 heteroatoms. The van der Waals surface area contributed by atoms with E-state index in [0.717, 1.165) is 12.8 Å². The Kier molecular flexibility index (Phi) is 3.73. The van der Waals surface area contributed by atoms with Crippen LogP contribution in [-0.4, -0.2) is 28.0 Å². The van der Waals surface area contributed by atoms with E-state index in [0.29, 0.717) is 17.7 Å². The molecule has 1 fully saturated rings. The van der Waals surface area contributed by atoms with Crippen molar-refractivity contribution in [2.24, 2.45) is 5.92 Å². The predicted molar refractivity (Wildman–Crippen MR) is 63.0 cm³/mol. The Morgan fingerprint density at radius 3 is 2.94 bits per heavy atom. The van der Waals surface area contributed by atoms with Crippen molar-refractivity contribution in [1.29, 1.82) is 0 Å². The van der Waals surface area contributed by atoms with Gasteiger partial charge in [0.15, 0.2) is 0 Å². The monoisotopic (exact) mass is 254 g/mol. The molecule has 1 saturated carbocycles. The standard InChI is InChI=1S/C11H14N2O3S/c14-10(9-5-12-6-17-9)13-8-3-1-2-7(4-8)11(15)16/h5-8H,1-4H2,(H,13,14)(H,15,16). The Labute approximate surface area is 103 Å². The molecule has 0 radical (unpaired) electrons. The molecular formula is C11H14N2O3S. The number of nitrogens with zero attached hydrogens (tertiary/aromatic N) is 1. The molecular weight excluding hydrogens is 240 g/mol. The molecule has 0 aliphatic heterocycles. The molecule has 1 heterocycles. The fourth-order valence-corrected chi connectivity index (χ4v) is 2.65. The van der Waals surface area contributed by atoms with Crippen LogP contribution in [0.5, 0.6) is 0 Å². The fourth-order valence-electron chi connectivity index (χ4n) is 2.13. The number of carbonyl (C=O) groups is 2. The molecule has 0 bridgehead atoms. The second kappa shape index (κ2) is 5.27. The van der Waals surface area contributed by atoms with E-state index in [1.807, 2.05) is 0 Å². The van der Waals surface area contributed by atoms with Crippen LogP contribution < -0.4 is 5.32 Å². The molecule has 2 atom stereocenters. The van der Waals surface area contributed by atoms with Gasteiger partial charge in [-0.05, 0) is 19.3 Å². The molecule has 2 N–H and O–H groups in total. The minimum atomic E-state index is -0.762. The number of amides is 1. The molecule has 0 aromatic carbocycles. The number of aromatic nitrogens is 1. The molecule has 2 unspecified atom stereocenters. The van der Waals surface area contributed by atoms with Crippen LogP contribution >= 0.6 is 11.3 Å². The van der Waals surface area contributed by atoms with E-state index >= 15 is 0 Å². The summed E-state index contributed by atoms with van der Waals surface area (Å²) in [6.45, 7) is 0. The van der Waals surface area contributed by atoms with Gasteiger partial charge in [0, 0.05) is 6.04 Å². The van der Waals surface area contributed by atoms with Crippen LogP contribution in [0.25, 0.3) is 0 Å². The highest BCUT2D eigenvalue weighted by atomic mass is 32.1. The average molecular weight is 254 g/mol. The van der Waals surface area contributed by atoms with Crippen LogP contribution in [-0.2, 0) is 4.79 Å². The number of hydrogen-bond acceptors (Lipinski definition) is 4. The summed E-state index contributed by atoms with van der Waals surface area (Å²) in [4.78, 5) is 27.1. The number of carbonyl (C=O) groups excluding carboxylic acids is 1. The number of nitrogens with one attached hydrogen (secondary N) is 1. The van der Waals surface area contributed by atoms with Gasteiger partial charge in [0.1, 0.15) is 4.88 Å². The van der Waals surface area contributed by atoms with Gasteiger partial charge in [0.25, 0.3) is 5.91 Å². The van der Waals surface area contributed by atoms with Gasteiger partial charge in [-0.1, -0.05) is 6.42 Å². The molecule has 1 aliphatic rings. The summed E-state index contributed by atoms with van der Waals surface area (Å²) in [6, 6.07) is -0.0283. The quantitative estimate of drug-likeness (QED) is 0.857. The van der Waals surface area contributed by atoms with Crippen molar-refractivity contribution in [3.05, 3.63) is 16.6 Å². The third kappa shape index (κ3) is 3.03. The summed E-state index contributed by atoms with van der Waals surface area (Å²) >= 11 is 1.29. The molecule has 92 valence electrons. The first kappa shape index (κ1) is 12.0. The summed E-state index contributed by atoms with van der Waals surface area (Å²) in [6.07, 6.45) is 4.47. The van der Waals surface area contributed by atoms with Gasteiger partial charge in [-0.25, -0.2) is 0 Å². The lowest BCUT2D eigenvalue weighted by Gasteiger charge is -2.27. The molecule has 1 aromatic heterocycles. The topological polar surface area (TPSA) is 79.3 Å². The second-order valence-corrected chi connectivity index (χ2v) is 5.12. The molecule has 1 amide bonds. The van der Waals surface area contributed by atoms with Gasteiger partial charge in [0.2, 0.25) is 0 Å². The number of hydrogen-bond donors (Lipinski definition) is 2. The van der Waals surface area contributed by atoms with Crippen LogP contribution in [0.4, 0.5) is 0 Å². The van der Waals surface area contributed by atoms with Crippen LogP contribution in [0.3, 0.4) is 0 Å². The van der Waals surface area contributed by atoms with Crippen LogP contribution in [0.15, 0.2) is 11.7 Å². The maximum absolute atomic E-state index is 11.8. The van der Waals surface area contributed by atoms with E-state index in [9.17, 15) is 9.59 Å². The first-order valence-electron chi connectivity index (χ1n) is 5.59. The third-order valence-corrected chi connectivity index (χ3v) is 3.79. The van der Waals surface area contributed by atoms with Crippen molar-refractivity contribution in [3.8, 4) is 0 Å². The highest BCUT2D eigenvalue weighted by Crippen LogP contribution is 2.24. The molecule has 2 rings (SSSR count). The maximum atomic E-state index is 11.8. The normalized spacial score (nSPS) is 24.2. The SMILES string of the molecule is O=C(NC1CCCC(C(=O)O)C1)c1cncs1. The zero-order chi connectivity index (χ0) is 12.3. The van der Waals surface area contributed by atoms with Gasteiger partial charge < -0.3 is 10.4 Å². The summed E-state index contributed by atoms with van der Waals surface area (Å²) in [7, 11) is 0. The Hall–Kier alpha value is -1.43. The summed E-state index contributed by atoms with van der Waals surface area (Å²) in [5.74, 6) is -1.24. The number of carboxylic acid groups (broad SMARTS) is 1. The first-order chi connectivity index (χ1) is 8.16. The van der Waals surface area contributed by atoms with E-state index < -0.39 is 5.97 Å². The van der Waals surface area contributed by atoms with E-state index in [1.165, 1.54) is 17.5 Å². The van der Waals surface area contributed by atoms with Crippen molar-refractivity contribution in [3.63, 3.8) is 0 Å². The molecule has 1 aromatic rings. The Morgan fingerprint density at radius 1 is 1.47 bits per heavy atom.